The van der Waals surface area contributed by atoms with Gasteiger partial charge in [0.1, 0.15) is 5.84 Å². The molecule has 26 heavy (non-hydrogen) atoms. The second-order valence-corrected chi connectivity index (χ2v) is 6.21. The number of carbonyl (C=O) groups is 2. The molecule has 4 N–H and O–H groups in total. The first-order valence-corrected chi connectivity index (χ1v) is 8.82. The number of amidine groups is 1. The summed E-state index contributed by atoms with van der Waals surface area (Å²) in [5.41, 5.74) is 6.73. The fourth-order valence-electron chi connectivity index (χ4n) is 2.78. The molecule has 1 heterocycles. The van der Waals surface area contributed by atoms with Crippen LogP contribution in [-0.4, -0.2) is 73.4 Å². The predicted octanol–water partition coefficient (Wildman–Crippen LogP) is 0.480. The first-order valence-electron chi connectivity index (χ1n) is 8.82. The van der Waals surface area contributed by atoms with Gasteiger partial charge in [-0.1, -0.05) is 0 Å². The molecule has 1 saturated heterocycles. The van der Waals surface area contributed by atoms with Crippen molar-refractivity contribution in [2.75, 3.05) is 51.2 Å². The molecule has 0 atom stereocenters. The third kappa shape index (κ3) is 6.45. The minimum atomic E-state index is -0.184. The van der Waals surface area contributed by atoms with Crippen molar-refractivity contribution in [3.63, 3.8) is 0 Å². The highest BCUT2D eigenvalue weighted by Gasteiger charge is 2.19. The van der Waals surface area contributed by atoms with E-state index in [0.717, 1.165) is 26.2 Å². The SMILES string of the molecule is CCOC(=O)CN1CCN(CCC(=O)Nc2ccc(C(=N)N)cc2)CC1. The zero-order valence-corrected chi connectivity index (χ0v) is 15.2. The van der Waals surface area contributed by atoms with Crippen LogP contribution in [0.3, 0.4) is 0 Å². The van der Waals surface area contributed by atoms with E-state index < -0.39 is 0 Å². The van der Waals surface area contributed by atoms with Crippen molar-refractivity contribution in [2.24, 2.45) is 5.73 Å². The normalized spacial score (nSPS) is 15.4. The summed E-state index contributed by atoms with van der Waals surface area (Å²) in [5.74, 6) is -0.226. The molecule has 1 aliphatic rings. The number of carbonyl (C=O) groups excluding carboxylic acids is 2. The van der Waals surface area contributed by atoms with Gasteiger partial charge in [0.2, 0.25) is 5.91 Å². The smallest absolute Gasteiger partial charge is 0.320 e. The molecule has 0 radical (unpaired) electrons. The number of nitrogens with one attached hydrogen (secondary N) is 2. The van der Waals surface area contributed by atoms with Crippen LogP contribution in [0.25, 0.3) is 0 Å². The van der Waals surface area contributed by atoms with E-state index in [-0.39, 0.29) is 17.7 Å². The molecule has 2 rings (SSSR count). The van der Waals surface area contributed by atoms with Gasteiger partial charge in [0.25, 0.3) is 0 Å². The molecule has 1 amide bonds. The molecule has 142 valence electrons. The van der Waals surface area contributed by atoms with Crippen LogP contribution in [0, 0.1) is 5.41 Å². The van der Waals surface area contributed by atoms with Crippen LogP contribution in [-0.2, 0) is 14.3 Å². The van der Waals surface area contributed by atoms with Crippen LogP contribution in [0.1, 0.15) is 18.9 Å². The quantitative estimate of drug-likeness (QED) is 0.353. The standard InChI is InChI=1S/C18H27N5O3/c1-2-26-17(25)13-23-11-9-22(10-12-23)8-7-16(24)21-15-5-3-14(4-6-15)18(19)20/h3-6H,2,7-13H2,1H3,(H3,19,20)(H,21,24). The molecular formula is C18H27N5O3. The summed E-state index contributed by atoms with van der Waals surface area (Å²) in [5, 5.41) is 10.2. The van der Waals surface area contributed by atoms with Crippen molar-refractivity contribution in [1.29, 1.82) is 5.41 Å². The summed E-state index contributed by atoms with van der Waals surface area (Å²) >= 11 is 0. The predicted molar refractivity (Wildman–Crippen MR) is 100 cm³/mol. The molecule has 8 nitrogen and oxygen atoms in total. The highest BCUT2D eigenvalue weighted by atomic mass is 16.5. The average Bonchev–Trinajstić information content (AvgIpc) is 2.62. The number of nitrogens with two attached hydrogens (primary N) is 1. The number of esters is 1. The summed E-state index contributed by atoms with van der Waals surface area (Å²) in [6, 6.07) is 6.90. The number of rotatable bonds is 8. The Labute approximate surface area is 153 Å². The van der Waals surface area contributed by atoms with Gasteiger partial charge in [-0.3, -0.25) is 19.9 Å². The largest absolute Gasteiger partial charge is 0.465 e. The molecule has 8 heteroatoms. The second-order valence-electron chi connectivity index (χ2n) is 6.21. The van der Waals surface area contributed by atoms with Crippen molar-refractivity contribution in [2.45, 2.75) is 13.3 Å². The molecule has 0 bridgehead atoms. The Morgan fingerprint density at radius 1 is 1.15 bits per heavy atom. The van der Waals surface area contributed by atoms with Gasteiger partial charge >= 0.3 is 5.97 Å². The first kappa shape index (κ1) is 19.9. The molecule has 0 unspecified atom stereocenters. The second kappa shape index (κ2) is 9.88. The lowest BCUT2D eigenvalue weighted by Gasteiger charge is -2.33. The number of piperazine rings is 1. The van der Waals surface area contributed by atoms with E-state index in [1.54, 1.807) is 31.2 Å². The van der Waals surface area contributed by atoms with Crippen LogP contribution in [0.15, 0.2) is 24.3 Å². The van der Waals surface area contributed by atoms with Gasteiger partial charge in [-0.2, -0.15) is 0 Å². The molecule has 1 fully saturated rings. The van der Waals surface area contributed by atoms with E-state index in [1.807, 2.05) is 0 Å². The van der Waals surface area contributed by atoms with Crippen LogP contribution in [0.4, 0.5) is 5.69 Å². The van der Waals surface area contributed by atoms with E-state index in [1.165, 1.54) is 0 Å². The molecule has 1 aromatic rings. The summed E-state index contributed by atoms with van der Waals surface area (Å²) in [7, 11) is 0. The third-order valence-corrected chi connectivity index (χ3v) is 4.26. The molecule has 0 saturated carbocycles. The molecule has 0 spiro atoms. The number of hydrogen-bond donors (Lipinski definition) is 3. The van der Waals surface area contributed by atoms with Crippen LogP contribution in [0.2, 0.25) is 0 Å². The van der Waals surface area contributed by atoms with Crippen LogP contribution < -0.4 is 11.1 Å². The summed E-state index contributed by atoms with van der Waals surface area (Å²) < 4.78 is 4.96. The van der Waals surface area contributed by atoms with Gasteiger partial charge in [0.15, 0.2) is 0 Å². The minimum absolute atomic E-state index is 0.00461. The number of anilines is 1. The molecule has 0 aliphatic carbocycles. The summed E-state index contributed by atoms with van der Waals surface area (Å²) in [4.78, 5) is 27.9. The van der Waals surface area contributed by atoms with E-state index in [2.05, 4.69) is 15.1 Å². The number of ether oxygens (including phenoxy) is 1. The maximum atomic E-state index is 12.1. The zero-order chi connectivity index (χ0) is 18.9. The Balaban J connectivity index is 1.67. The maximum Gasteiger partial charge on any atom is 0.320 e. The Bertz CT molecular complexity index is 624. The van der Waals surface area contributed by atoms with Crippen molar-refractivity contribution < 1.29 is 14.3 Å². The summed E-state index contributed by atoms with van der Waals surface area (Å²) in [6.07, 6.45) is 0.409. The van der Waals surface area contributed by atoms with Gasteiger partial charge in [-0.05, 0) is 31.2 Å². The Morgan fingerprint density at radius 2 is 1.77 bits per heavy atom. The lowest BCUT2D eigenvalue weighted by atomic mass is 10.2. The van der Waals surface area contributed by atoms with E-state index in [0.29, 0.717) is 37.4 Å². The maximum absolute atomic E-state index is 12.1. The van der Waals surface area contributed by atoms with E-state index in [4.69, 9.17) is 15.9 Å². The number of hydrogen-bond acceptors (Lipinski definition) is 6. The topological polar surface area (TPSA) is 112 Å². The van der Waals surface area contributed by atoms with Crippen molar-refractivity contribution in [1.82, 2.24) is 9.80 Å². The van der Waals surface area contributed by atoms with Gasteiger partial charge < -0.3 is 20.7 Å². The van der Waals surface area contributed by atoms with Gasteiger partial charge in [-0.25, -0.2) is 0 Å². The van der Waals surface area contributed by atoms with Crippen molar-refractivity contribution in [3.8, 4) is 0 Å². The summed E-state index contributed by atoms with van der Waals surface area (Å²) in [6.45, 7) is 6.49. The Hall–Kier alpha value is -2.45. The fourth-order valence-corrected chi connectivity index (χ4v) is 2.78. The number of benzene rings is 1. The third-order valence-electron chi connectivity index (χ3n) is 4.26. The minimum Gasteiger partial charge on any atom is -0.465 e. The van der Waals surface area contributed by atoms with Gasteiger partial charge in [-0.15, -0.1) is 0 Å². The van der Waals surface area contributed by atoms with Crippen LogP contribution >= 0.6 is 0 Å². The lowest BCUT2D eigenvalue weighted by molar-refractivity contribution is -0.144. The highest BCUT2D eigenvalue weighted by molar-refractivity contribution is 5.96. The number of nitrogen functional groups attached to an aromatic ring is 1. The molecular weight excluding hydrogens is 334 g/mol. The fraction of sp³-hybridized carbons (Fsp3) is 0.500. The zero-order valence-electron chi connectivity index (χ0n) is 15.2. The van der Waals surface area contributed by atoms with E-state index >= 15 is 0 Å². The molecule has 1 aromatic carbocycles. The van der Waals surface area contributed by atoms with Crippen LogP contribution in [0.5, 0.6) is 0 Å². The highest BCUT2D eigenvalue weighted by Crippen LogP contribution is 2.10. The van der Waals surface area contributed by atoms with Crippen molar-refractivity contribution >= 4 is 23.4 Å². The Kier molecular flexibility index (Phi) is 7.55. The average molecular weight is 361 g/mol. The van der Waals surface area contributed by atoms with Gasteiger partial charge in [0, 0.05) is 50.4 Å². The number of nitrogens with zero attached hydrogens (tertiary/aromatic N) is 2. The molecule has 1 aliphatic heterocycles. The molecule has 0 aromatic heterocycles. The van der Waals surface area contributed by atoms with Crippen molar-refractivity contribution in [3.05, 3.63) is 29.8 Å². The number of amides is 1. The lowest BCUT2D eigenvalue weighted by Crippen LogP contribution is -2.48. The van der Waals surface area contributed by atoms with E-state index in [9.17, 15) is 9.59 Å². The van der Waals surface area contributed by atoms with Gasteiger partial charge in [0.05, 0.1) is 13.2 Å². The Morgan fingerprint density at radius 3 is 2.35 bits per heavy atom. The monoisotopic (exact) mass is 361 g/mol. The first-order chi connectivity index (χ1) is 12.5.